The van der Waals surface area contributed by atoms with Crippen molar-refractivity contribution in [3.05, 3.63) is 35.9 Å². The van der Waals surface area contributed by atoms with Crippen LogP contribution in [0.3, 0.4) is 0 Å². The third-order valence-corrected chi connectivity index (χ3v) is 13.0. The van der Waals surface area contributed by atoms with E-state index in [-0.39, 0.29) is 48.3 Å². The third kappa shape index (κ3) is 20.9. The Bertz CT molecular complexity index is 1740. The minimum absolute atomic E-state index is 0.000441. The molecule has 1 aromatic carbocycles. The van der Waals surface area contributed by atoms with Crippen molar-refractivity contribution in [2.75, 3.05) is 34.0 Å². The van der Waals surface area contributed by atoms with E-state index >= 15 is 0 Å². The van der Waals surface area contributed by atoms with E-state index in [1.807, 2.05) is 62.3 Å². The van der Waals surface area contributed by atoms with Crippen molar-refractivity contribution < 1.29 is 80.9 Å². The molecule has 3 fully saturated rings. The van der Waals surface area contributed by atoms with Gasteiger partial charge in [0.25, 0.3) is 0 Å². The van der Waals surface area contributed by atoms with Gasteiger partial charge in [0.1, 0.15) is 0 Å². The van der Waals surface area contributed by atoms with Gasteiger partial charge in [0.15, 0.2) is 30.9 Å². The highest BCUT2D eigenvalue weighted by molar-refractivity contribution is 5.76. The van der Waals surface area contributed by atoms with Crippen LogP contribution in [-0.2, 0) is 80.9 Å². The van der Waals surface area contributed by atoms with Gasteiger partial charge in [0.2, 0.25) is 6.29 Å². The van der Waals surface area contributed by atoms with Gasteiger partial charge in [-0.3, -0.25) is 28.8 Å². The van der Waals surface area contributed by atoms with Gasteiger partial charge in [0.05, 0.1) is 63.0 Å². The second kappa shape index (κ2) is 30.7. The molecule has 1 aromatic rings. The van der Waals surface area contributed by atoms with Crippen LogP contribution in [0.5, 0.6) is 0 Å². The molecule has 3 aliphatic heterocycles. The number of carbonyl (C=O) groups excluding carboxylic acids is 6. The number of rotatable bonds is 14. The highest BCUT2D eigenvalue weighted by Gasteiger charge is 2.50. The van der Waals surface area contributed by atoms with Crippen LogP contribution in [0.4, 0.5) is 0 Å². The lowest BCUT2D eigenvalue weighted by atomic mass is 9.88. The van der Waals surface area contributed by atoms with Gasteiger partial charge >= 0.3 is 35.8 Å². The maximum Gasteiger partial charge on any atom is 0.313 e. The van der Waals surface area contributed by atoms with Crippen LogP contribution in [0.25, 0.3) is 0 Å². The van der Waals surface area contributed by atoms with Crippen LogP contribution in [0, 0.1) is 40.4 Å². The average molecular weight is 997 g/mol. The van der Waals surface area contributed by atoms with Crippen molar-refractivity contribution in [3.63, 3.8) is 0 Å². The summed E-state index contributed by atoms with van der Waals surface area (Å²) in [5, 5.41) is 0. The normalized spacial score (nSPS) is 28.4. The molecule has 0 radical (unpaired) electrons. The topological polar surface area (TPSA) is 204 Å². The summed E-state index contributed by atoms with van der Waals surface area (Å²) in [4.78, 5) is 69.9. The first-order chi connectivity index (χ1) is 32.6. The molecule has 0 aromatic heterocycles. The Morgan fingerprint density at radius 1 is 0.586 bits per heavy atom. The Kier molecular flexibility index (Phi) is 28.0. The second-order valence-corrected chi connectivity index (χ2v) is 20.2. The van der Waals surface area contributed by atoms with Crippen LogP contribution in [0.2, 0.25) is 0 Å². The van der Waals surface area contributed by atoms with E-state index in [0.29, 0.717) is 18.9 Å². The largest absolute Gasteiger partial charge is 0.469 e. The SMILES string of the molecule is CCC(C)(C)C(=O)OC1OCC(OC2OCC(OC3OCC(C)C(C)C3OC(C)=O)C(C)C2OC(C)=O)C(C)C1OC(C)=O.CCC(C)C(=O)OC.CCC(C)c1ccccc1.COC(=O)C(C)(C)C. The molecule has 0 aliphatic carbocycles. The van der Waals surface area contributed by atoms with Gasteiger partial charge in [-0.15, -0.1) is 0 Å². The Balaban J connectivity index is 0.000000757. The molecule has 402 valence electrons. The number of hydrogen-bond acceptors (Lipinski definition) is 17. The lowest BCUT2D eigenvalue weighted by Crippen LogP contribution is -2.58. The minimum Gasteiger partial charge on any atom is -0.469 e. The average Bonchev–Trinajstić information content (AvgIpc) is 3.31. The predicted molar refractivity (Wildman–Crippen MR) is 261 cm³/mol. The summed E-state index contributed by atoms with van der Waals surface area (Å²) in [6, 6.07) is 10.6. The number of ether oxygens (including phenoxy) is 11. The number of benzene rings is 1. The van der Waals surface area contributed by atoms with E-state index < -0.39 is 90.5 Å². The first-order valence-corrected chi connectivity index (χ1v) is 24.7. The molecule has 0 N–H and O–H groups in total. The van der Waals surface area contributed by atoms with Crippen molar-refractivity contribution in [2.45, 2.75) is 192 Å². The van der Waals surface area contributed by atoms with Crippen molar-refractivity contribution in [3.8, 4) is 0 Å². The standard InChI is InChI=1S/C31H50O13.C10H14.2C6H12O2/c1-11-31(9,10)30(35)44-29-26(41-21(8)34)18(5)23(14-38-29)43-28-25(40-20(7)33)17(4)22(13-37-28)42-27-24(39-19(6)32)16(3)15(2)12-36-27;1-3-9(2)10-7-5-4-6-8-10;1-6(2,3)5(7)8-4;1-4-5(2)6(7)8-3/h15-18,22-29H,11-14H2,1-10H3;4-9H,3H2,1-2H3;1-4H3;5H,4H2,1-3H3. The lowest BCUT2D eigenvalue weighted by Gasteiger charge is -2.46. The van der Waals surface area contributed by atoms with Crippen molar-refractivity contribution >= 4 is 35.8 Å². The molecule has 14 unspecified atom stereocenters. The van der Waals surface area contributed by atoms with Crippen molar-refractivity contribution in [1.82, 2.24) is 0 Å². The van der Waals surface area contributed by atoms with Crippen LogP contribution in [0.15, 0.2) is 30.3 Å². The molecule has 3 heterocycles. The van der Waals surface area contributed by atoms with E-state index in [4.69, 9.17) is 42.6 Å². The summed E-state index contributed by atoms with van der Waals surface area (Å²) in [5.41, 5.74) is 0.346. The van der Waals surface area contributed by atoms with Crippen molar-refractivity contribution in [2.24, 2.45) is 40.4 Å². The van der Waals surface area contributed by atoms with Gasteiger partial charge in [-0.2, -0.15) is 0 Å². The van der Waals surface area contributed by atoms with Crippen LogP contribution in [-0.4, -0.2) is 119 Å². The number of carbonyl (C=O) groups is 6. The summed E-state index contributed by atoms with van der Waals surface area (Å²) < 4.78 is 61.8. The van der Waals surface area contributed by atoms with E-state index in [2.05, 4.69) is 53.7 Å². The van der Waals surface area contributed by atoms with Crippen molar-refractivity contribution in [1.29, 1.82) is 0 Å². The van der Waals surface area contributed by atoms with Gasteiger partial charge in [-0.1, -0.05) is 92.6 Å². The zero-order chi connectivity index (χ0) is 53.7. The van der Waals surface area contributed by atoms with E-state index in [0.717, 1.165) is 6.42 Å². The molecule has 0 saturated carbocycles. The summed E-state index contributed by atoms with van der Waals surface area (Å²) in [6.07, 6.45) is -4.01. The molecule has 17 nitrogen and oxygen atoms in total. The summed E-state index contributed by atoms with van der Waals surface area (Å²) in [5.74, 6) is -2.28. The third-order valence-electron chi connectivity index (χ3n) is 13.0. The van der Waals surface area contributed by atoms with E-state index in [9.17, 15) is 28.8 Å². The monoisotopic (exact) mass is 997 g/mol. The maximum atomic E-state index is 12.8. The number of esters is 6. The Morgan fingerprint density at radius 2 is 1.01 bits per heavy atom. The quantitative estimate of drug-likeness (QED) is 0.126. The highest BCUT2D eigenvalue weighted by atomic mass is 16.8. The highest BCUT2D eigenvalue weighted by Crippen LogP contribution is 2.36. The smallest absolute Gasteiger partial charge is 0.313 e. The fourth-order valence-corrected chi connectivity index (χ4v) is 7.03. The van der Waals surface area contributed by atoms with Gasteiger partial charge < -0.3 is 52.1 Å². The summed E-state index contributed by atoms with van der Waals surface area (Å²) >= 11 is 0. The number of methoxy groups -OCH3 is 2. The molecular weight excluding hydrogens is 909 g/mol. The first-order valence-electron chi connectivity index (χ1n) is 24.7. The first kappa shape index (κ1) is 63.9. The number of hydrogen-bond donors (Lipinski definition) is 0. The maximum absolute atomic E-state index is 12.8. The molecule has 17 heteroatoms. The second-order valence-electron chi connectivity index (χ2n) is 20.2. The Labute approximate surface area is 418 Å². The Hall–Kier alpha value is -4.16. The molecule has 14 atom stereocenters. The Morgan fingerprint density at radius 3 is 1.37 bits per heavy atom. The zero-order valence-electron chi connectivity index (χ0n) is 45.7. The van der Waals surface area contributed by atoms with Crippen LogP contribution in [0.1, 0.15) is 148 Å². The van der Waals surface area contributed by atoms with Gasteiger partial charge in [-0.25, -0.2) is 0 Å². The molecule has 0 bridgehead atoms. The lowest BCUT2D eigenvalue weighted by molar-refractivity contribution is -0.333. The van der Waals surface area contributed by atoms with Gasteiger partial charge in [-0.05, 0) is 71.3 Å². The molecule has 70 heavy (non-hydrogen) atoms. The van der Waals surface area contributed by atoms with Crippen LogP contribution < -0.4 is 0 Å². The molecule has 3 aliphatic rings. The van der Waals surface area contributed by atoms with Crippen LogP contribution >= 0.6 is 0 Å². The fourth-order valence-electron chi connectivity index (χ4n) is 7.03. The molecule has 3 saturated heterocycles. The summed E-state index contributed by atoms with van der Waals surface area (Å²) in [6.45, 7) is 31.2. The fraction of sp³-hybridized carbons (Fsp3) is 0.774. The molecular formula is C53H88O17. The van der Waals surface area contributed by atoms with Gasteiger partial charge in [0, 0.05) is 38.5 Å². The molecule has 0 amide bonds. The minimum atomic E-state index is -1.12. The molecule has 4 rings (SSSR count). The van der Waals surface area contributed by atoms with E-state index in [1.54, 1.807) is 20.8 Å². The predicted octanol–water partition coefficient (Wildman–Crippen LogP) is 8.76. The molecule has 0 spiro atoms. The summed E-state index contributed by atoms with van der Waals surface area (Å²) in [7, 11) is 2.81. The van der Waals surface area contributed by atoms with E-state index in [1.165, 1.54) is 47.0 Å². The zero-order valence-corrected chi connectivity index (χ0v) is 45.7.